The molecule has 104 valence electrons. The number of piperidine rings is 1. The van der Waals surface area contributed by atoms with E-state index in [2.05, 4.69) is 4.98 Å². The first-order valence-corrected chi connectivity index (χ1v) is 6.80. The Bertz CT molecular complexity index is 594. The summed E-state index contributed by atoms with van der Waals surface area (Å²) in [7, 11) is 0. The van der Waals surface area contributed by atoms with Crippen molar-refractivity contribution >= 4 is 5.91 Å². The number of nitrogens with two attached hydrogens (primary N) is 1. The molecule has 5 heteroatoms. The summed E-state index contributed by atoms with van der Waals surface area (Å²) in [5, 5.41) is 0. The van der Waals surface area contributed by atoms with Crippen LogP contribution in [-0.4, -0.2) is 34.9 Å². The van der Waals surface area contributed by atoms with Crippen LogP contribution in [-0.2, 0) is 0 Å². The van der Waals surface area contributed by atoms with Gasteiger partial charge in [-0.05, 0) is 25.0 Å². The summed E-state index contributed by atoms with van der Waals surface area (Å²) in [6.07, 6.45) is 3.33. The fraction of sp³-hybridized carbons (Fsp3) is 0.333. The number of rotatable bonds is 2. The molecule has 1 aromatic heterocycles. The standard InChI is InChI=1S/C15H17N3O2/c16-12-7-4-8-18(9-12)15(19)13-10-20-14(17-13)11-5-2-1-3-6-11/h1-3,5-6,10,12H,4,7-9,16H2. The van der Waals surface area contributed by atoms with Gasteiger partial charge in [0.2, 0.25) is 5.89 Å². The molecule has 1 saturated heterocycles. The van der Waals surface area contributed by atoms with Gasteiger partial charge in [0.1, 0.15) is 6.26 Å². The fourth-order valence-electron chi connectivity index (χ4n) is 2.44. The van der Waals surface area contributed by atoms with E-state index in [1.807, 2.05) is 30.3 Å². The molecule has 1 aliphatic rings. The van der Waals surface area contributed by atoms with Crippen LogP contribution in [0.3, 0.4) is 0 Å². The maximum absolute atomic E-state index is 12.3. The molecule has 1 unspecified atom stereocenters. The average molecular weight is 271 g/mol. The Labute approximate surface area is 117 Å². The third-order valence-electron chi connectivity index (χ3n) is 3.49. The third kappa shape index (κ3) is 2.58. The van der Waals surface area contributed by atoms with Crippen molar-refractivity contribution in [3.05, 3.63) is 42.3 Å². The van der Waals surface area contributed by atoms with Gasteiger partial charge in [0, 0.05) is 24.7 Å². The lowest BCUT2D eigenvalue weighted by Gasteiger charge is -2.30. The molecule has 2 N–H and O–H groups in total. The molecule has 0 saturated carbocycles. The molecule has 3 rings (SSSR count). The van der Waals surface area contributed by atoms with Gasteiger partial charge in [0.15, 0.2) is 5.69 Å². The molecule has 0 radical (unpaired) electrons. The Morgan fingerprint density at radius 2 is 2.15 bits per heavy atom. The highest BCUT2D eigenvalue weighted by molar-refractivity contribution is 5.92. The van der Waals surface area contributed by atoms with Gasteiger partial charge in [-0.15, -0.1) is 0 Å². The molecular formula is C15H17N3O2. The molecule has 0 spiro atoms. The Hall–Kier alpha value is -2.14. The van der Waals surface area contributed by atoms with Crippen LogP contribution in [0.15, 0.2) is 41.0 Å². The highest BCUT2D eigenvalue weighted by atomic mass is 16.3. The van der Waals surface area contributed by atoms with Crippen LogP contribution in [0.25, 0.3) is 11.5 Å². The summed E-state index contributed by atoms with van der Waals surface area (Å²) in [4.78, 5) is 18.4. The molecule has 1 aromatic carbocycles. The Morgan fingerprint density at radius 1 is 1.35 bits per heavy atom. The van der Waals surface area contributed by atoms with Crippen LogP contribution in [0.5, 0.6) is 0 Å². The molecule has 1 aliphatic heterocycles. The van der Waals surface area contributed by atoms with E-state index in [-0.39, 0.29) is 11.9 Å². The quantitative estimate of drug-likeness (QED) is 0.905. The van der Waals surface area contributed by atoms with E-state index in [0.29, 0.717) is 18.1 Å². The molecule has 2 aromatic rings. The number of nitrogens with zero attached hydrogens (tertiary/aromatic N) is 2. The summed E-state index contributed by atoms with van der Waals surface area (Å²) >= 11 is 0. The van der Waals surface area contributed by atoms with E-state index in [0.717, 1.165) is 24.9 Å². The maximum Gasteiger partial charge on any atom is 0.275 e. The van der Waals surface area contributed by atoms with Crippen LogP contribution in [0.1, 0.15) is 23.3 Å². The highest BCUT2D eigenvalue weighted by Gasteiger charge is 2.24. The van der Waals surface area contributed by atoms with E-state index in [1.54, 1.807) is 4.90 Å². The van der Waals surface area contributed by atoms with Crippen LogP contribution < -0.4 is 5.73 Å². The van der Waals surface area contributed by atoms with Crippen molar-refractivity contribution in [1.82, 2.24) is 9.88 Å². The number of carbonyl (C=O) groups excluding carboxylic acids is 1. The average Bonchev–Trinajstić information content (AvgIpc) is 2.97. The SMILES string of the molecule is NC1CCCN(C(=O)c2coc(-c3ccccc3)n2)C1. The predicted molar refractivity (Wildman–Crippen MR) is 75.1 cm³/mol. The van der Waals surface area contributed by atoms with Crippen molar-refractivity contribution in [3.63, 3.8) is 0 Å². The highest BCUT2D eigenvalue weighted by Crippen LogP contribution is 2.19. The number of amides is 1. The summed E-state index contributed by atoms with van der Waals surface area (Å²) in [6.45, 7) is 1.33. The van der Waals surface area contributed by atoms with Crippen molar-refractivity contribution in [3.8, 4) is 11.5 Å². The first-order chi connectivity index (χ1) is 9.74. The zero-order chi connectivity index (χ0) is 13.9. The van der Waals surface area contributed by atoms with Gasteiger partial charge in [-0.3, -0.25) is 4.79 Å². The van der Waals surface area contributed by atoms with Crippen LogP contribution >= 0.6 is 0 Å². The van der Waals surface area contributed by atoms with Gasteiger partial charge in [-0.25, -0.2) is 4.98 Å². The molecule has 0 bridgehead atoms. The minimum absolute atomic E-state index is 0.0631. The minimum Gasteiger partial charge on any atom is -0.444 e. The Morgan fingerprint density at radius 3 is 2.90 bits per heavy atom. The summed E-state index contributed by atoms with van der Waals surface area (Å²) in [5.41, 5.74) is 7.11. The van der Waals surface area contributed by atoms with Gasteiger partial charge in [0.25, 0.3) is 5.91 Å². The molecule has 1 fully saturated rings. The Kier molecular flexibility index (Phi) is 3.52. The van der Waals surface area contributed by atoms with E-state index >= 15 is 0 Å². The summed E-state index contributed by atoms with van der Waals surface area (Å²) in [5.74, 6) is 0.362. The minimum atomic E-state index is -0.105. The lowest BCUT2D eigenvalue weighted by molar-refractivity contribution is 0.0703. The second-order valence-electron chi connectivity index (χ2n) is 5.06. The summed E-state index contributed by atoms with van der Waals surface area (Å²) in [6, 6.07) is 9.60. The van der Waals surface area contributed by atoms with Gasteiger partial charge in [-0.2, -0.15) is 0 Å². The molecule has 2 heterocycles. The number of carbonyl (C=O) groups is 1. The first-order valence-electron chi connectivity index (χ1n) is 6.80. The van der Waals surface area contributed by atoms with E-state index in [9.17, 15) is 4.79 Å². The molecule has 0 aliphatic carbocycles. The largest absolute Gasteiger partial charge is 0.444 e. The van der Waals surface area contributed by atoms with Crippen molar-refractivity contribution in [1.29, 1.82) is 0 Å². The zero-order valence-electron chi connectivity index (χ0n) is 11.2. The first kappa shape index (κ1) is 12.9. The monoisotopic (exact) mass is 271 g/mol. The van der Waals surface area contributed by atoms with Gasteiger partial charge in [0.05, 0.1) is 0 Å². The van der Waals surface area contributed by atoms with Crippen LogP contribution in [0.4, 0.5) is 0 Å². The van der Waals surface area contributed by atoms with E-state index in [1.165, 1.54) is 6.26 Å². The zero-order valence-corrected chi connectivity index (χ0v) is 11.2. The second-order valence-corrected chi connectivity index (χ2v) is 5.06. The molecule has 20 heavy (non-hydrogen) atoms. The van der Waals surface area contributed by atoms with Crippen molar-refractivity contribution in [2.24, 2.45) is 5.73 Å². The van der Waals surface area contributed by atoms with Gasteiger partial charge < -0.3 is 15.1 Å². The third-order valence-corrected chi connectivity index (χ3v) is 3.49. The topological polar surface area (TPSA) is 72.4 Å². The smallest absolute Gasteiger partial charge is 0.275 e. The van der Waals surface area contributed by atoms with Crippen LogP contribution in [0.2, 0.25) is 0 Å². The normalized spacial score (nSPS) is 19.1. The summed E-state index contributed by atoms with van der Waals surface area (Å²) < 4.78 is 5.40. The van der Waals surface area contributed by atoms with Crippen molar-refractivity contribution in [2.75, 3.05) is 13.1 Å². The van der Waals surface area contributed by atoms with Crippen molar-refractivity contribution in [2.45, 2.75) is 18.9 Å². The Balaban J connectivity index is 1.78. The van der Waals surface area contributed by atoms with Crippen molar-refractivity contribution < 1.29 is 9.21 Å². The fourth-order valence-corrected chi connectivity index (χ4v) is 2.44. The number of hydrogen-bond donors (Lipinski definition) is 1. The molecule has 5 nitrogen and oxygen atoms in total. The van der Waals surface area contributed by atoms with E-state index < -0.39 is 0 Å². The van der Waals surface area contributed by atoms with Crippen LogP contribution in [0, 0.1) is 0 Å². The number of oxazole rings is 1. The number of benzene rings is 1. The number of likely N-dealkylation sites (tertiary alicyclic amines) is 1. The van der Waals surface area contributed by atoms with Gasteiger partial charge in [-0.1, -0.05) is 18.2 Å². The number of hydrogen-bond acceptors (Lipinski definition) is 4. The lowest BCUT2D eigenvalue weighted by atomic mass is 10.1. The molecular weight excluding hydrogens is 254 g/mol. The maximum atomic E-state index is 12.3. The lowest BCUT2D eigenvalue weighted by Crippen LogP contribution is -2.45. The molecule has 1 amide bonds. The van der Waals surface area contributed by atoms with E-state index in [4.69, 9.17) is 10.2 Å². The number of aromatic nitrogens is 1. The second kappa shape index (κ2) is 5.46. The van der Waals surface area contributed by atoms with Gasteiger partial charge >= 0.3 is 0 Å². The molecule has 1 atom stereocenters. The predicted octanol–water partition coefficient (Wildman–Crippen LogP) is 1.90.